The van der Waals surface area contributed by atoms with E-state index in [0.717, 1.165) is 11.1 Å². The van der Waals surface area contributed by atoms with Gasteiger partial charge in [-0.05, 0) is 81.0 Å². The summed E-state index contributed by atoms with van der Waals surface area (Å²) in [6.07, 6.45) is 2.18. The second kappa shape index (κ2) is 10.7. The third kappa shape index (κ3) is 5.94. The molecule has 0 saturated carbocycles. The number of aryl methyl sites for hydroxylation is 2. The highest BCUT2D eigenvalue weighted by Gasteiger charge is 2.37. The molecule has 0 saturated heterocycles. The number of nitrogens with one attached hydrogen (secondary N) is 2. The van der Waals surface area contributed by atoms with Gasteiger partial charge in [-0.3, -0.25) is 19.3 Å². The predicted octanol–water partition coefficient (Wildman–Crippen LogP) is 4.77. The van der Waals surface area contributed by atoms with Gasteiger partial charge >= 0.3 is 0 Å². The number of hydrogen-bond donors (Lipinski definition) is 2. The SMILES string of the molecule is CCC(C)(C)NC(=O)[C@@H](c1ccco1)N(C(=O)CNC(=O)c1cccs1)c1ccc(C)c(C)c1. The number of furan rings is 1. The van der Waals surface area contributed by atoms with Crippen molar-refractivity contribution in [3.8, 4) is 0 Å². The summed E-state index contributed by atoms with van der Waals surface area (Å²) in [6.45, 7) is 9.48. The maximum absolute atomic E-state index is 13.6. The fourth-order valence-electron chi connectivity index (χ4n) is 3.36. The molecule has 180 valence electrons. The van der Waals surface area contributed by atoms with Crippen LogP contribution in [0.2, 0.25) is 0 Å². The van der Waals surface area contributed by atoms with E-state index in [9.17, 15) is 14.4 Å². The quantitative estimate of drug-likeness (QED) is 0.461. The maximum Gasteiger partial charge on any atom is 0.261 e. The fraction of sp³-hybridized carbons (Fsp3) is 0.346. The molecule has 2 aromatic heterocycles. The van der Waals surface area contributed by atoms with E-state index >= 15 is 0 Å². The van der Waals surface area contributed by atoms with Gasteiger partial charge in [-0.25, -0.2) is 0 Å². The number of anilines is 1. The van der Waals surface area contributed by atoms with Gasteiger partial charge in [0.1, 0.15) is 5.76 Å². The standard InChI is InChI=1S/C26H31N3O4S/c1-6-26(4,5)28-25(32)23(20-9-7-13-33-20)29(19-12-11-17(2)18(3)15-19)22(30)16-27-24(31)21-10-8-14-34-21/h7-15,23H,6,16H2,1-5H3,(H,27,31)(H,28,32)/t23-/m1/s1. The zero-order valence-electron chi connectivity index (χ0n) is 20.2. The van der Waals surface area contributed by atoms with Crippen molar-refractivity contribution >= 4 is 34.7 Å². The lowest BCUT2D eigenvalue weighted by molar-refractivity contribution is -0.128. The average Bonchev–Trinajstić information content (AvgIpc) is 3.51. The third-order valence-corrected chi connectivity index (χ3v) is 6.72. The third-order valence-electron chi connectivity index (χ3n) is 5.85. The number of benzene rings is 1. The van der Waals surface area contributed by atoms with E-state index < -0.39 is 17.5 Å². The van der Waals surface area contributed by atoms with Gasteiger partial charge in [0, 0.05) is 11.2 Å². The van der Waals surface area contributed by atoms with E-state index in [-0.39, 0.29) is 18.4 Å². The lowest BCUT2D eigenvalue weighted by Gasteiger charge is -2.33. The second-order valence-electron chi connectivity index (χ2n) is 8.84. The van der Waals surface area contributed by atoms with Crippen LogP contribution in [-0.4, -0.2) is 29.8 Å². The topological polar surface area (TPSA) is 91.7 Å². The normalized spacial score (nSPS) is 12.1. The molecule has 0 fully saturated rings. The number of nitrogens with zero attached hydrogens (tertiary/aromatic N) is 1. The number of carbonyl (C=O) groups is 3. The number of carbonyl (C=O) groups excluding carboxylic acids is 3. The summed E-state index contributed by atoms with van der Waals surface area (Å²) in [7, 11) is 0. The number of thiophene rings is 1. The minimum absolute atomic E-state index is 0.273. The summed E-state index contributed by atoms with van der Waals surface area (Å²) < 4.78 is 5.62. The van der Waals surface area contributed by atoms with Gasteiger partial charge in [-0.1, -0.05) is 19.1 Å². The zero-order chi connectivity index (χ0) is 24.9. The molecule has 2 N–H and O–H groups in total. The van der Waals surface area contributed by atoms with Crippen molar-refractivity contribution in [3.63, 3.8) is 0 Å². The monoisotopic (exact) mass is 481 g/mol. The molecule has 1 atom stereocenters. The average molecular weight is 482 g/mol. The first kappa shape index (κ1) is 25.2. The highest BCUT2D eigenvalue weighted by atomic mass is 32.1. The number of hydrogen-bond acceptors (Lipinski definition) is 5. The van der Waals surface area contributed by atoms with Crippen LogP contribution in [0.5, 0.6) is 0 Å². The Labute approximate surface area is 204 Å². The minimum atomic E-state index is -1.05. The molecule has 0 aliphatic carbocycles. The molecule has 8 heteroatoms. The van der Waals surface area contributed by atoms with Crippen LogP contribution >= 0.6 is 11.3 Å². The van der Waals surface area contributed by atoms with Crippen molar-refractivity contribution in [3.05, 3.63) is 75.9 Å². The molecule has 0 aliphatic heterocycles. The highest BCUT2D eigenvalue weighted by Crippen LogP contribution is 2.30. The molecule has 7 nitrogen and oxygen atoms in total. The summed E-state index contributed by atoms with van der Waals surface area (Å²) in [6, 6.07) is 11.3. The first-order valence-electron chi connectivity index (χ1n) is 11.2. The molecule has 3 rings (SSSR count). The summed E-state index contributed by atoms with van der Waals surface area (Å²) in [4.78, 5) is 41.5. The lowest BCUT2D eigenvalue weighted by atomic mass is 10.00. The van der Waals surface area contributed by atoms with E-state index in [4.69, 9.17) is 4.42 Å². The Bertz CT molecular complexity index is 1140. The van der Waals surface area contributed by atoms with Crippen molar-refractivity contribution in [2.24, 2.45) is 0 Å². The molecular formula is C26H31N3O4S. The Kier molecular flexibility index (Phi) is 7.94. The van der Waals surface area contributed by atoms with E-state index in [0.29, 0.717) is 22.7 Å². The summed E-state index contributed by atoms with van der Waals surface area (Å²) in [5.41, 5.74) is 2.11. The van der Waals surface area contributed by atoms with E-state index in [1.807, 2.05) is 46.8 Å². The van der Waals surface area contributed by atoms with Crippen LogP contribution in [0.3, 0.4) is 0 Å². The zero-order valence-corrected chi connectivity index (χ0v) is 21.0. The number of rotatable bonds is 9. The van der Waals surface area contributed by atoms with Crippen molar-refractivity contribution < 1.29 is 18.8 Å². The molecule has 0 unspecified atom stereocenters. The van der Waals surface area contributed by atoms with Gasteiger partial charge in [-0.2, -0.15) is 0 Å². The van der Waals surface area contributed by atoms with Gasteiger partial charge < -0.3 is 15.1 Å². The Morgan fingerprint density at radius 1 is 1.09 bits per heavy atom. The van der Waals surface area contributed by atoms with E-state index in [2.05, 4.69) is 10.6 Å². The van der Waals surface area contributed by atoms with Crippen molar-refractivity contribution in [1.29, 1.82) is 0 Å². The molecule has 34 heavy (non-hydrogen) atoms. The van der Waals surface area contributed by atoms with E-state index in [1.165, 1.54) is 22.5 Å². The van der Waals surface area contributed by atoms with Gasteiger partial charge in [0.25, 0.3) is 11.8 Å². The summed E-state index contributed by atoms with van der Waals surface area (Å²) in [5.74, 6) is -0.799. The Morgan fingerprint density at radius 3 is 2.44 bits per heavy atom. The smallest absolute Gasteiger partial charge is 0.261 e. The van der Waals surface area contributed by atoms with Gasteiger partial charge in [0.2, 0.25) is 5.91 Å². The summed E-state index contributed by atoms with van der Waals surface area (Å²) >= 11 is 1.29. The fourth-order valence-corrected chi connectivity index (χ4v) is 4.00. The summed E-state index contributed by atoms with van der Waals surface area (Å²) in [5, 5.41) is 7.51. The van der Waals surface area contributed by atoms with Crippen LogP contribution in [0, 0.1) is 13.8 Å². The largest absolute Gasteiger partial charge is 0.467 e. The molecule has 3 amide bonds. The van der Waals surface area contributed by atoms with Crippen molar-refractivity contribution in [1.82, 2.24) is 10.6 Å². The lowest BCUT2D eigenvalue weighted by Crippen LogP contribution is -2.52. The Morgan fingerprint density at radius 2 is 1.85 bits per heavy atom. The van der Waals surface area contributed by atoms with Crippen LogP contribution in [0.1, 0.15) is 59.8 Å². The molecular weight excluding hydrogens is 450 g/mol. The van der Waals surface area contributed by atoms with Gasteiger partial charge in [0.15, 0.2) is 6.04 Å². The van der Waals surface area contributed by atoms with Crippen molar-refractivity contribution in [2.75, 3.05) is 11.4 Å². The van der Waals surface area contributed by atoms with Crippen LogP contribution in [0.25, 0.3) is 0 Å². The first-order valence-corrected chi connectivity index (χ1v) is 12.1. The Balaban J connectivity index is 2.00. The molecule has 1 aromatic carbocycles. The van der Waals surface area contributed by atoms with Gasteiger partial charge in [0.05, 0.1) is 17.7 Å². The first-order chi connectivity index (χ1) is 16.1. The minimum Gasteiger partial charge on any atom is -0.467 e. The van der Waals surface area contributed by atoms with Crippen LogP contribution in [-0.2, 0) is 9.59 Å². The maximum atomic E-state index is 13.6. The second-order valence-corrected chi connectivity index (χ2v) is 9.78. The molecule has 0 aliphatic rings. The molecule has 0 radical (unpaired) electrons. The van der Waals surface area contributed by atoms with Crippen LogP contribution in [0.15, 0.2) is 58.5 Å². The highest BCUT2D eigenvalue weighted by molar-refractivity contribution is 7.12. The molecule has 0 bridgehead atoms. The molecule has 2 heterocycles. The van der Waals surface area contributed by atoms with Crippen molar-refractivity contribution in [2.45, 2.75) is 52.6 Å². The number of amides is 3. The van der Waals surface area contributed by atoms with E-state index in [1.54, 1.807) is 35.7 Å². The molecule has 3 aromatic rings. The van der Waals surface area contributed by atoms with Gasteiger partial charge in [-0.15, -0.1) is 11.3 Å². The molecule has 0 spiro atoms. The predicted molar refractivity (Wildman–Crippen MR) is 134 cm³/mol. The van der Waals surface area contributed by atoms with Crippen LogP contribution < -0.4 is 15.5 Å². The Hall–Kier alpha value is -3.39. The van der Waals surface area contributed by atoms with Crippen LogP contribution in [0.4, 0.5) is 5.69 Å².